The first-order chi connectivity index (χ1) is 18.4. The van der Waals surface area contributed by atoms with Gasteiger partial charge in [0.15, 0.2) is 23.4 Å². The van der Waals surface area contributed by atoms with Crippen molar-refractivity contribution in [3.05, 3.63) is 81.0 Å². The molecular weight excluding hydrogens is 512 g/mol. The van der Waals surface area contributed by atoms with E-state index in [1.165, 1.54) is 25.1 Å². The first-order valence-corrected chi connectivity index (χ1v) is 11.6. The van der Waals surface area contributed by atoms with Gasteiger partial charge in [-0.1, -0.05) is 6.07 Å². The van der Waals surface area contributed by atoms with Crippen molar-refractivity contribution < 1.29 is 50.0 Å². The Hall–Kier alpha value is -5.32. The standard InChI is InChI=1S/C28H22O11/c1-11-18(31)6-14(7-19(11)32)28(37)39-23-10-16-20(33)8-15(29)9-22(16)38-27(23)13-4-12-2-3-17(30)25(35)24(12)26(36)21(34)5-13/h2-9,23,27,29-33,35H,10H2,1H3,(H,34,36)/t23-,27-/m1/s1. The van der Waals surface area contributed by atoms with Crippen molar-refractivity contribution in [3.63, 3.8) is 0 Å². The monoisotopic (exact) mass is 534 g/mol. The van der Waals surface area contributed by atoms with Gasteiger partial charge < -0.3 is 45.2 Å². The van der Waals surface area contributed by atoms with E-state index in [0.29, 0.717) is 0 Å². The number of carbonyl (C=O) groups excluding carboxylic acids is 1. The Bertz CT molecular complexity index is 1710. The maximum atomic E-state index is 13.1. The fourth-order valence-corrected chi connectivity index (χ4v) is 4.53. The molecule has 4 aromatic rings. The number of phenols is 6. The highest BCUT2D eigenvalue weighted by Gasteiger charge is 2.37. The Labute approximate surface area is 219 Å². The van der Waals surface area contributed by atoms with Crippen LogP contribution in [-0.2, 0) is 11.2 Å². The Morgan fingerprint density at radius 3 is 2.23 bits per heavy atom. The highest BCUT2D eigenvalue weighted by Crippen LogP contribution is 2.44. The topological polar surface area (TPSA) is 194 Å². The second-order valence-corrected chi connectivity index (χ2v) is 9.17. The second-order valence-electron chi connectivity index (χ2n) is 9.17. The Kier molecular flexibility index (Phi) is 5.98. The molecule has 0 saturated carbocycles. The van der Waals surface area contributed by atoms with Crippen LogP contribution in [0.2, 0.25) is 0 Å². The number of phenolic OH excluding ortho intramolecular Hbond substituents is 6. The van der Waals surface area contributed by atoms with E-state index in [1.807, 2.05) is 0 Å². The maximum absolute atomic E-state index is 13.1. The zero-order valence-electron chi connectivity index (χ0n) is 20.2. The largest absolute Gasteiger partial charge is 0.508 e. The first-order valence-electron chi connectivity index (χ1n) is 11.6. The molecule has 0 fully saturated rings. The number of rotatable bonds is 3. The second kappa shape index (κ2) is 9.21. The summed E-state index contributed by atoms with van der Waals surface area (Å²) in [6.07, 6.45) is -2.54. The van der Waals surface area contributed by atoms with E-state index in [2.05, 4.69) is 0 Å². The molecule has 4 aromatic carbocycles. The van der Waals surface area contributed by atoms with Crippen LogP contribution in [0.4, 0.5) is 0 Å². The molecule has 5 rings (SSSR count). The van der Waals surface area contributed by atoms with E-state index in [-0.39, 0.29) is 68.2 Å². The van der Waals surface area contributed by atoms with Crippen molar-refractivity contribution in [2.45, 2.75) is 25.6 Å². The van der Waals surface area contributed by atoms with Crippen LogP contribution in [0.15, 0.2) is 53.3 Å². The average Bonchev–Trinajstić information content (AvgIpc) is 3.00. The molecule has 0 bridgehead atoms. The quantitative estimate of drug-likeness (QED) is 0.150. The van der Waals surface area contributed by atoms with Gasteiger partial charge in [-0.2, -0.15) is 0 Å². The highest BCUT2D eigenvalue weighted by atomic mass is 16.6. The fraction of sp³-hybridized carbons (Fsp3) is 0.143. The van der Waals surface area contributed by atoms with Crippen LogP contribution in [0.3, 0.4) is 0 Å². The molecule has 11 heteroatoms. The fourth-order valence-electron chi connectivity index (χ4n) is 4.53. The van der Waals surface area contributed by atoms with Crippen molar-refractivity contribution >= 4 is 16.7 Å². The van der Waals surface area contributed by atoms with Gasteiger partial charge in [0.25, 0.3) is 0 Å². The van der Waals surface area contributed by atoms with E-state index < -0.39 is 40.9 Å². The van der Waals surface area contributed by atoms with Crippen LogP contribution >= 0.6 is 0 Å². The van der Waals surface area contributed by atoms with Gasteiger partial charge in [0.05, 0.1) is 10.9 Å². The summed E-state index contributed by atoms with van der Waals surface area (Å²) in [5.74, 6) is -4.32. The molecule has 1 heterocycles. The van der Waals surface area contributed by atoms with Crippen LogP contribution in [0, 0.1) is 6.92 Å². The lowest BCUT2D eigenvalue weighted by atomic mass is 9.94. The van der Waals surface area contributed by atoms with Gasteiger partial charge in [-0.3, -0.25) is 4.79 Å². The molecule has 7 N–H and O–H groups in total. The Morgan fingerprint density at radius 2 is 1.54 bits per heavy atom. The third kappa shape index (κ3) is 4.39. The highest BCUT2D eigenvalue weighted by molar-refractivity contribution is 5.92. The number of carbonyl (C=O) groups is 1. The van der Waals surface area contributed by atoms with E-state index >= 15 is 0 Å². The van der Waals surface area contributed by atoms with Crippen LogP contribution < -0.4 is 10.2 Å². The molecule has 0 saturated heterocycles. The van der Waals surface area contributed by atoms with Crippen molar-refractivity contribution in [2.24, 2.45) is 0 Å². The Morgan fingerprint density at radius 1 is 0.846 bits per heavy atom. The molecule has 39 heavy (non-hydrogen) atoms. The van der Waals surface area contributed by atoms with Crippen molar-refractivity contribution in [1.82, 2.24) is 0 Å². The summed E-state index contributed by atoms with van der Waals surface area (Å²) in [4.78, 5) is 25.9. The van der Waals surface area contributed by atoms with Gasteiger partial charge in [0, 0.05) is 35.2 Å². The lowest BCUT2D eigenvalue weighted by Crippen LogP contribution is -2.34. The van der Waals surface area contributed by atoms with Crippen LogP contribution in [0.25, 0.3) is 10.8 Å². The zero-order valence-corrected chi connectivity index (χ0v) is 20.2. The van der Waals surface area contributed by atoms with Crippen LogP contribution in [0.1, 0.15) is 33.2 Å². The average molecular weight is 534 g/mol. The van der Waals surface area contributed by atoms with E-state index in [9.17, 15) is 45.3 Å². The molecule has 2 atom stereocenters. The summed E-state index contributed by atoms with van der Waals surface area (Å²) >= 11 is 0. The lowest BCUT2D eigenvalue weighted by molar-refractivity contribution is -0.0188. The minimum absolute atomic E-state index is 0.0496. The van der Waals surface area contributed by atoms with Crippen LogP contribution in [-0.4, -0.2) is 47.8 Å². The molecule has 0 aromatic heterocycles. The predicted molar refractivity (Wildman–Crippen MR) is 136 cm³/mol. The minimum atomic E-state index is -1.22. The number of hydrogen-bond donors (Lipinski definition) is 7. The van der Waals surface area contributed by atoms with Gasteiger partial charge in [0.2, 0.25) is 5.43 Å². The summed E-state index contributed by atoms with van der Waals surface area (Å²) < 4.78 is 11.7. The summed E-state index contributed by atoms with van der Waals surface area (Å²) in [5.41, 5.74) is -0.672. The summed E-state index contributed by atoms with van der Waals surface area (Å²) in [6.45, 7) is 1.45. The number of aromatic hydroxyl groups is 7. The minimum Gasteiger partial charge on any atom is -0.508 e. The first kappa shape index (κ1) is 25.3. The lowest BCUT2D eigenvalue weighted by Gasteiger charge is -2.33. The molecule has 0 aliphatic carbocycles. The molecule has 1 aliphatic heterocycles. The van der Waals surface area contributed by atoms with Crippen molar-refractivity contribution in [2.75, 3.05) is 0 Å². The normalized spacial score (nSPS) is 16.3. The third-order valence-corrected chi connectivity index (χ3v) is 6.62. The predicted octanol–water partition coefficient (Wildman–Crippen LogP) is 3.35. The third-order valence-electron chi connectivity index (χ3n) is 6.62. The Balaban J connectivity index is 1.65. The van der Waals surface area contributed by atoms with E-state index in [4.69, 9.17) is 9.47 Å². The smallest absolute Gasteiger partial charge is 0.338 e. The summed E-state index contributed by atoms with van der Waals surface area (Å²) in [5, 5.41) is 70.9. The molecular formula is C28H22O11. The molecule has 0 amide bonds. The molecule has 0 unspecified atom stereocenters. The van der Waals surface area contributed by atoms with Crippen molar-refractivity contribution in [3.8, 4) is 46.0 Å². The van der Waals surface area contributed by atoms with Crippen molar-refractivity contribution in [1.29, 1.82) is 0 Å². The number of fused-ring (bicyclic) bond motifs is 2. The summed E-state index contributed by atoms with van der Waals surface area (Å²) in [6, 6.07) is 9.47. The van der Waals surface area contributed by atoms with Gasteiger partial charge in [0.1, 0.15) is 34.9 Å². The van der Waals surface area contributed by atoms with E-state index in [1.54, 1.807) is 0 Å². The van der Waals surface area contributed by atoms with Crippen LogP contribution in [0.5, 0.6) is 46.0 Å². The number of benzene rings is 3. The molecule has 200 valence electrons. The van der Waals surface area contributed by atoms with Gasteiger partial charge in [-0.25, -0.2) is 4.79 Å². The molecule has 11 nitrogen and oxygen atoms in total. The zero-order chi connectivity index (χ0) is 28.2. The molecule has 0 radical (unpaired) electrons. The van der Waals surface area contributed by atoms with Gasteiger partial charge in [-0.15, -0.1) is 0 Å². The summed E-state index contributed by atoms with van der Waals surface area (Å²) in [7, 11) is 0. The maximum Gasteiger partial charge on any atom is 0.338 e. The number of hydrogen-bond acceptors (Lipinski definition) is 11. The molecule has 0 spiro atoms. The van der Waals surface area contributed by atoms with Gasteiger partial charge >= 0.3 is 5.97 Å². The number of ether oxygens (including phenoxy) is 2. The molecule has 1 aliphatic rings. The van der Waals surface area contributed by atoms with Gasteiger partial charge in [-0.05, 0) is 42.6 Å². The SMILES string of the molecule is Cc1c(O)cc(C(=O)O[C@@H]2Cc3c(O)cc(O)cc3O[C@@H]2c2cc(O)c(=O)c3c(O)c(O)ccc3c2)cc1O. The van der Waals surface area contributed by atoms with E-state index in [0.717, 1.165) is 30.3 Å². The number of esters is 1.